The molecule has 34 heavy (non-hydrogen) atoms. The van der Waals surface area contributed by atoms with E-state index in [0.717, 1.165) is 30.3 Å². The van der Waals surface area contributed by atoms with Crippen molar-refractivity contribution in [1.29, 1.82) is 10.5 Å². The molecule has 1 amide bonds. The maximum absolute atomic E-state index is 14.7. The number of hydrogen-bond donors (Lipinski definition) is 2. The number of nitriles is 2. The van der Waals surface area contributed by atoms with Crippen LogP contribution in [0.1, 0.15) is 40.9 Å². The van der Waals surface area contributed by atoms with E-state index in [4.69, 9.17) is 5.73 Å². The number of carbonyl (C=O) groups excluding carboxylic acids is 1. The number of rotatable bonds is 4. The number of aromatic nitrogens is 1. The summed E-state index contributed by atoms with van der Waals surface area (Å²) in [5.41, 5.74) is 4.53. The summed E-state index contributed by atoms with van der Waals surface area (Å²) < 4.78 is 53.6. The Morgan fingerprint density at radius 2 is 1.62 bits per heavy atom. The molecule has 0 spiro atoms. The van der Waals surface area contributed by atoms with E-state index >= 15 is 0 Å². The second kappa shape index (κ2) is 9.20. The number of nitrogens with zero attached hydrogens (tertiary/aromatic N) is 3. The zero-order chi connectivity index (χ0) is 25.2. The number of nitrogen functional groups attached to an aromatic ring is 1. The minimum atomic E-state index is -4.57. The number of benzene rings is 2. The van der Waals surface area contributed by atoms with E-state index in [-0.39, 0.29) is 50.9 Å². The molecule has 0 fully saturated rings. The lowest BCUT2D eigenvalue weighted by Gasteiger charge is -2.15. The first-order valence-electron chi connectivity index (χ1n) is 9.90. The van der Waals surface area contributed by atoms with Gasteiger partial charge in [-0.25, -0.2) is 9.37 Å². The highest BCUT2D eigenvalue weighted by molar-refractivity contribution is 5.95. The van der Waals surface area contributed by atoms with Gasteiger partial charge in [0.2, 0.25) is 0 Å². The Labute approximate surface area is 192 Å². The molecule has 2 aromatic carbocycles. The fourth-order valence-corrected chi connectivity index (χ4v) is 3.34. The van der Waals surface area contributed by atoms with E-state index in [0.29, 0.717) is 0 Å². The van der Waals surface area contributed by atoms with Crippen molar-refractivity contribution in [2.75, 3.05) is 5.73 Å². The van der Waals surface area contributed by atoms with Gasteiger partial charge in [-0.05, 0) is 43.7 Å². The number of pyridine rings is 1. The highest BCUT2D eigenvalue weighted by Crippen LogP contribution is 2.38. The quantitative estimate of drug-likeness (QED) is 0.522. The van der Waals surface area contributed by atoms with E-state index in [1.807, 2.05) is 12.1 Å². The summed E-state index contributed by atoms with van der Waals surface area (Å²) in [5.74, 6) is -1.79. The summed E-state index contributed by atoms with van der Waals surface area (Å²) in [6.45, 7) is 3.44. The zero-order valence-corrected chi connectivity index (χ0v) is 18.0. The molecule has 1 aromatic heterocycles. The van der Waals surface area contributed by atoms with E-state index < -0.39 is 23.5 Å². The van der Waals surface area contributed by atoms with Gasteiger partial charge in [0.15, 0.2) is 0 Å². The monoisotopic (exact) mass is 467 g/mol. The Kier molecular flexibility index (Phi) is 6.55. The lowest BCUT2D eigenvalue weighted by atomic mass is 9.91. The molecule has 172 valence electrons. The molecule has 3 N–H and O–H groups in total. The average Bonchev–Trinajstić information content (AvgIpc) is 2.77. The molecule has 0 radical (unpaired) electrons. The Balaban J connectivity index is 2.21. The summed E-state index contributed by atoms with van der Waals surface area (Å²) in [4.78, 5) is 16.2. The minimum Gasteiger partial charge on any atom is -0.383 e. The molecule has 0 aliphatic carbocycles. The van der Waals surface area contributed by atoms with Crippen molar-refractivity contribution in [3.8, 4) is 34.5 Å². The Bertz CT molecular complexity index is 1350. The lowest BCUT2D eigenvalue weighted by molar-refractivity contribution is -0.137. The van der Waals surface area contributed by atoms with Crippen molar-refractivity contribution in [2.45, 2.75) is 26.1 Å². The van der Waals surface area contributed by atoms with Crippen LogP contribution in [0.15, 0.2) is 42.5 Å². The third-order valence-electron chi connectivity index (χ3n) is 4.86. The van der Waals surface area contributed by atoms with Crippen LogP contribution in [0, 0.1) is 28.5 Å². The summed E-state index contributed by atoms with van der Waals surface area (Å²) in [5, 5.41) is 22.0. The minimum absolute atomic E-state index is 0.0248. The lowest BCUT2D eigenvalue weighted by Crippen LogP contribution is -2.30. The first-order chi connectivity index (χ1) is 16.0. The molecule has 1 heterocycles. The maximum atomic E-state index is 14.7. The fourth-order valence-electron chi connectivity index (χ4n) is 3.34. The number of amides is 1. The van der Waals surface area contributed by atoms with Crippen LogP contribution in [-0.2, 0) is 6.18 Å². The summed E-state index contributed by atoms with van der Waals surface area (Å²) in [6.07, 6.45) is -4.57. The number of nitrogens with two attached hydrogens (primary N) is 1. The summed E-state index contributed by atoms with van der Waals surface area (Å²) >= 11 is 0. The molecule has 0 atom stereocenters. The van der Waals surface area contributed by atoms with Crippen LogP contribution < -0.4 is 11.1 Å². The van der Waals surface area contributed by atoms with Crippen LogP contribution in [-0.4, -0.2) is 16.9 Å². The van der Waals surface area contributed by atoms with Crippen molar-refractivity contribution in [3.05, 3.63) is 70.5 Å². The van der Waals surface area contributed by atoms with Gasteiger partial charge in [-0.2, -0.15) is 23.7 Å². The smallest absolute Gasteiger partial charge is 0.383 e. The highest BCUT2D eigenvalue weighted by Gasteiger charge is 2.30. The molecule has 0 saturated heterocycles. The number of carbonyl (C=O) groups is 1. The number of hydrogen-bond acceptors (Lipinski definition) is 5. The van der Waals surface area contributed by atoms with E-state index in [2.05, 4.69) is 10.3 Å². The predicted molar refractivity (Wildman–Crippen MR) is 117 cm³/mol. The second-order valence-electron chi connectivity index (χ2n) is 7.59. The zero-order valence-electron chi connectivity index (χ0n) is 18.0. The van der Waals surface area contributed by atoms with Gasteiger partial charge in [0, 0.05) is 17.2 Å². The van der Waals surface area contributed by atoms with Crippen LogP contribution in [0.4, 0.5) is 23.4 Å². The van der Waals surface area contributed by atoms with Gasteiger partial charge >= 0.3 is 6.18 Å². The van der Waals surface area contributed by atoms with Gasteiger partial charge < -0.3 is 11.1 Å². The molecule has 3 aromatic rings. The molecule has 0 aliphatic rings. The van der Waals surface area contributed by atoms with E-state index in [9.17, 15) is 32.9 Å². The topological polar surface area (TPSA) is 116 Å². The van der Waals surface area contributed by atoms with Crippen molar-refractivity contribution >= 4 is 11.7 Å². The molecule has 3 rings (SSSR count). The molecule has 0 aliphatic heterocycles. The van der Waals surface area contributed by atoms with Gasteiger partial charge in [0.25, 0.3) is 5.91 Å². The second-order valence-corrected chi connectivity index (χ2v) is 7.59. The van der Waals surface area contributed by atoms with Gasteiger partial charge in [0.05, 0.1) is 22.4 Å². The first-order valence-corrected chi connectivity index (χ1v) is 9.90. The molecule has 10 heteroatoms. The van der Waals surface area contributed by atoms with Gasteiger partial charge in [-0.1, -0.05) is 18.2 Å². The van der Waals surface area contributed by atoms with Crippen LogP contribution >= 0.6 is 0 Å². The maximum Gasteiger partial charge on any atom is 0.416 e. The number of anilines is 1. The van der Waals surface area contributed by atoms with Gasteiger partial charge in [-0.15, -0.1) is 0 Å². The Morgan fingerprint density at radius 1 is 1.03 bits per heavy atom. The van der Waals surface area contributed by atoms with Crippen molar-refractivity contribution < 1.29 is 22.4 Å². The normalized spacial score (nSPS) is 11.1. The SMILES string of the molecule is CC(C)NC(=O)c1ccc(-c2nc(N)c(C#N)c(-c3ccc(C(F)(F)F)cc3)c2C#N)cc1F. The number of nitrogens with one attached hydrogen (secondary N) is 1. The van der Waals surface area contributed by atoms with Crippen LogP contribution in [0.3, 0.4) is 0 Å². The largest absolute Gasteiger partial charge is 0.416 e. The third-order valence-corrected chi connectivity index (χ3v) is 4.86. The Hall–Kier alpha value is -4.44. The molecular formula is C24H17F4N5O. The highest BCUT2D eigenvalue weighted by atomic mass is 19.4. The van der Waals surface area contributed by atoms with Gasteiger partial charge in [-0.3, -0.25) is 4.79 Å². The van der Waals surface area contributed by atoms with Crippen LogP contribution in [0.25, 0.3) is 22.4 Å². The molecular weight excluding hydrogens is 450 g/mol. The van der Waals surface area contributed by atoms with Crippen molar-refractivity contribution in [1.82, 2.24) is 10.3 Å². The first kappa shape index (κ1) is 24.2. The molecule has 6 nitrogen and oxygen atoms in total. The number of alkyl halides is 3. The van der Waals surface area contributed by atoms with Crippen molar-refractivity contribution in [2.24, 2.45) is 0 Å². The third kappa shape index (κ3) is 4.66. The summed E-state index contributed by atoms with van der Waals surface area (Å²) in [7, 11) is 0. The van der Waals surface area contributed by atoms with E-state index in [1.54, 1.807) is 13.8 Å². The van der Waals surface area contributed by atoms with Gasteiger partial charge in [0.1, 0.15) is 29.3 Å². The van der Waals surface area contributed by atoms with Crippen molar-refractivity contribution in [3.63, 3.8) is 0 Å². The molecule has 0 bridgehead atoms. The standard InChI is InChI=1S/C24H17F4N5O/c1-12(2)32-23(34)16-8-5-14(9-19(16)25)21-17(10-29)20(18(11-30)22(31)33-21)13-3-6-15(7-4-13)24(26,27)28/h3-9,12H,1-2H3,(H2,31,33)(H,32,34). The predicted octanol–water partition coefficient (Wildman–Crippen LogP) is 5.04. The average molecular weight is 467 g/mol. The fraction of sp³-hybridized carbons (Fsp3) is 0.167. The summed E-state index contributed by atoms with van der Waals surface area (Å²) in [6, 6.07) is 10.9. The van der Waals surface area contributed by atoms with Crippen LogP contribution in [0.5, 0.6) is 0 Å². The van der Waals surface area contributed by atoms with E-state index in [1.165, 1.54) is 12.1 Å². The van der Waals surface area contributed by atoms with Crippen LogP contribution in [0.2, 0.25) is 0 Å². The number of halogens is 4. The Morgan fingerprint density at radius 3 is 2.12 bits per heavy atom. The molecule has 0 unspecified atom stereocenters. The molecule has 0 saturated carbocycles.